The summed E-state index contributed by atoms with van der Waals surface area (Å²) in [5, 5.41) is 3.73. The summed E-state index contributed by atoms with van der Waals surface area (Å²) in [6, 6.07) is 7.45. The Morgan fingerprint density at radius 2 is 2.06 bits per heavy atom. The fraction of sp³-hybridized carbons (Fsp3) is 0.625. The molecular weight excluding hydrogens is 206 g/mol. The SMILES string of the molecule is CCC(CC1CC1)NCc1cc(C)ccc1C. The highest BCUT2D eigenvalue weighted by atomic mass is 14.9. The van der Waals surface area contributed by atoms with E-state index in [2.05, 4.69) is 44.3 Å². The first-order valence-corrected chi connectivity index (χ1v) is 6.98. The first-order valence-electron chi connectivity index (χ1n) is 6.98. The van der Waals surface area contributed by atoms with Crippen molar-refractivity contribution in [2.45, 2.75) is 59.0 Å². The summed E-state index contributed by atoms with van der Waals surface area (Å²) in [5.74, 6) is 1.02. The summed E-state index contributed by atoms with van der Waals surface area (Å²) in [7, 11) is 0. The van der Waals surface area contributed by atoms with Crippen molar-refractivity contribution in [1.82, 2.24) is 5.32 Å². The van der Waals surface area contributed by atoms with Gasteiger partial charge in [-0.15, -0.1) is 0 Å². The zero-order valence-corrected chi connectivity index (χ0v) is 11.4. The van der Waals surface area contributed by atoms with E-state index in [4.69, 9.17) is 0 Å². The maximum atomic E-state index is 3.73. The van der Waals surface area contributed by atoms with Crippen molar-refractivity contribution in [2.75, 3.05) is 0 Å². The van der Waals surface area contributed by atoms with Crippen molar-refractivity contribution in [3.05, 3.63) is 34.9 Å². The predicted molar refractivity (Wildman–Crippen MR) is 74.2 cm³/mol. The lowest BCUT2D eigenvalue weighted by Crippen LogP contribution is -2.28. The Balaban J connectivity index is 1.88. The normalized spacial score (nSPS) is 17.1. The van der Waals surface area contributed by atoms with Crippen LogP contribution < -0.4 is 5.32 Å². The van der Waals surface area contributed by atoms with Crippen molar-refractivity contribution in [2.24, 2.45) is 5.92 Å². The molecule has 17 heavy (non-hydrogen) atoms. The first kappa shape index (κ1) is 12.6. The molecule has 1 aromatic carbocycles. The number of hydrogen-bond acceptors (Lipinski definition) is 1. The quantitative estimate of drug-likeness (QED) is 0.781. The Kier molecular flexibility index (Phi) is 4.22. The minimum atomic E-state index is 0.711. The fourth-order valence-corrected chi connectivity index (χ4v) is 2.40. The van der Waals surface area contributed by atoms with Gasteiger partial charge in [-0.05, 0) is 43.7 Å². The molecule has 1 aliphatic rings. The van der Waals surface area contributed by atoms with Crippen LogP contribution in [0.4, 0.5) is 0 Å². The molecule has 1 N–H and O–H groups in total. The monoisotopic (exact) mass is 231 g/mol. The molecule has 1 saturated carbocycles. The molecule has 1 atom stereocenters. The third-order valence-electron chi connectivity index (χ3n) is 3.89. The first-order chi connectivity index (χ1) is 8.19. The molecule has 1 aliphatic carbocycles. The second-order valence-corrected chi connectivity index (χ2v) is 5.60. The highest BCUT2D eigenvalue weighted by Gasteiger charge is 2.24. The molecular formula is C16H25N. The Bertz CT molecular complexity index is 366. The number of nitrogens with one attached hydrogen (secondary N) is 1. The molecule has 1 fully saturated rings. The molecule has 0 amide bonds. The fourth-order valence-electron chi connectivity index (χ4n) is 2.40. The second-order valence-electron chi connectivity index (χ2n) is 5.60. The van der Waals surface area contributed by atoms with Gasteiger partial charge in [0.1, 0.15) is 0 Å². The van der Waals surface area contributed by atoms with Crippen LogP contribution in [0.3, 0.4) is 0 Å². The van der Waals surface area contributed by atoms with Crippen molar-refractivity contribution in [1.29, 1.82) is 0 Å². The lowest BCUT2D eigenvalue weighted by atomic mass is 10.0. The molecule has 0 saturated heterocycles. The van der Waals surface area contributed by atoms with Gasteiger partial charge < -0.3 is 5.32 Å². The average molecular weight is 231 g/mol. The van der Waals surface area contributed by atoms with Crippen LogP contribution in [0.2, 0.25) is 0 Å². The Morgan fingerprint density at radius 3 is 2.71 bits per heavy atom. The van der Waals surface area contributed by atoms with Crippen LogP contribution in [0.1, 0.15) is 49.3 Å². The Morgan fingerprint density at radius 1 is 1.29 bits per heavy atom. The van der Waals surface area contributed by atoms with E-state index in [1.54, 1.807) is 0 Å². The van der Waals surface area contributed by atoms with E-state index in [0.717, 1.165) is 12.5 Å². The Hall–Kier alpha value is -0.820. The highest BCUT2D eigenvalue weighted by Crippen LogP contribution is 2.34. The molecule has 0 aliphatic heterocycles. The summed E-state index contributed by atoms with van der Waals surface area (Å²) in [6.07, 6.45) is 5.55. The van der Waals surface area contributed by atoms with Gasteiger partial charge in [-0.25, -0.2) is 0 Å². The predicted octanol–water partition coefficient (Wildman–Crippen LogP) is 3.97. The van der Waals surface area contributed by atoms with E-state index < -0.39 is 0 Å². The van der Waals surface area contributed by atoms with Crippen LogP contribution in [-0.2, 0) is 6.54 Å². The zero-order valence-electron chi connectivity index (χ0n) is 11.4. The van der Waals surface area contributed by atoms with Crippen molar-refractivity contribution < 1.29 is 0 Å². The molecule has 1 nitrogen and oxygen atoms in total. The maximum absolute atomic E-state index is 3.73. The van der Waals surface area contributed by atoms with E-state index in [1.807, 2.05) is 0 Å². The van der Waals surface area contributed by atoms with Crippen LogP contribution in [0.25, 0.3) is 0 Å². The smallest absolute Gasteiger partial charge is 0.0210 e. The second kappa shape index (κ2) is 5.68. The van der Waals surface area contributed by atoms with Gasteiger partial charge in [0.2, 0.25) is 0 Å². The van der Waals surface area contributed by atoms with Crippen LogP contribution in [0, 0.1) is 19.8 Å². The molecule has 94 valence electrons. The lowest BCUT2D eigenvalue weighted by molar-refractivity contribution is 0.444. The van der Waals surface area contributed by atoms with Gasteiger partial charge in [0.25, 0.3) is 0 Å². The summed E-state index contributed by atoms with van der Waals surface area (Å²) in [5.41, 5.74) is 4.23. The topological polar surface area (TPSA) is 12.0 Å². The largest absolute Gasteiger partial charge is 0.310 e. The van der Waals surface area contributed by atoms with E-state index >= 15 is 0 Å². The highest BCUT2D eigenvalue weighted by molar-refractivity contribution is 5.30. The van der Waals surface area contributed by atoms with Gasteiger partial charge in [-0.2, -0.15) is 0 Å². The molecule has 1 aromatic rings. The third kappa shape index (κ3) is 3.85. The number of rotatable bonds is 6. The molecule has 1 unspecified atom stereocenters. The molecule has 0 bridgehead atoms. The summed E-state index contributed by atoms with van der Waals surface area (Å²) >= 11 is 0. The minimum Gasteiger partial charge on any atom is -0.310 e. The number of benzene rings is 1. The average Bonchev–Trinajstić information content (AvgIpc) is 3.12. The maximum Gasteiger partial charge on any atom is 0.0210 e. The van der Waals surface area contributed by atoms with Crippen molar-refractivity contribution in [3.63, 3.8) is 0 Å². The summed E-state index contributed by atoms with van der Waals surface area (Å²) in [6.45, 7) is 7.70. The standard InChI is InChI=1S/C16H25N/c1-4-16(10-14-7-8-14)17-11-15-9-12(2)5-6-13(15)3/h5-6,9,14,16-17H,4,7-8,10-11H2,1-3H3. The summed E-state index contributed by atoms with van der Waals surface area (Å²) < 4.78 is 0. The van der Waals surface area contributed by atoms with Crippen LogP contribution in [0.5, 0.6) is 0 Å². The van der Waals surface area contributed by atoms with Crippen LogP contribution >= 0.6 is 0 Å². The molecule has 2 rings (SSSR count). The third-order valence-corrected chi connectivity index (χ3v) is 3.89. The van der Waals surface area contributed by atoms with Gasteiger partial charge in [0.15, 0.2) is 0 Å². The van der Waals surface area contributed by atoms with E-state index in [9.17, 15) is 0 Å². The molecule has 0 radical (unpaired) electrons. The zero-order chi connectivity index (χ0) is 12.3. The molecule has 0 aromatic heterocycles. The molecule has 0 heterocycles. The van der Waals surface area contributed by atoms with E-state index in [-0.39, 0.29) is 0 Å². The summed E-state index contributed by atoms with van der Waals surface area (Å²) in [4.78, 5) is 0. The van der Waals surface area contributed by atoms with Crippen LogP contribution in [-0.4, -0.2) is 6.04 Å². The molecule has 1 heteroatoms. The minimum absolute atomic E-state index is 0.711. The van der Waals surface area contributed by atoms with Crippen LogP contribution in [0.15, 0.2) is 18.2 Å². The Labute approximate surface area is 106 Å². The van der Waals surface area contributed by atoms with E-state index in [0.29, 0.717) is 6.04 Å². The number of aryl methyl sites for hydroxylation is 2. The van der Waals surface area contributed by atoms with E-state index in [1.165, 1.54) is 42.4 Å². The van der Waals surface area contributed by atoms with Crippen molar-refractivity contribution in [3.8, 4) is 0 Å². The van der Waals surface area contributed by atoms with Gasteiger partial charge in [0.05, 0.1) is 0 Å². The van der Waals surface area contributed by atoms with Crippen molar-refractivity contribution >= 4 is 0 Å². The van der Waals surface area contributed by atoms with Gasteiger partial charge in [0, 0.05) is 12.6 Å². The van der Waals surface area contributed by atoms with Gasteiger partial charge in [-0.1, -0.05) is 43.5 Å². The van der Waals surface area contributed by atoms with Gasteiger partial charge in [-0.3, -0.25) is 0 Å². The van der Waals surface area contributed by atoms with Gasteiger partial charge >= 0.3 is 0 Å². The number of hydrogen-bond donors (Lipinski definition) is 1. The molecule has 0 spiro atoms. The lowest BCUT2D eigenvalue weighted by Gasteiger charge is -2.17.